The van der Waals surface area contributed by atoms with Crippen LogP contribution in [0.25, 0.3) is 0 Å². The summed E-state index contributed by atoms with van der Waals surface area (Å²) >= 11 is 0. The molecule has 0 aliphatic carbocycles. The van der Waals surface area contributed by atoms with Gasteiger partial charge in [-0.15, -0.1) is 0 Å². The van der Waals surface area contributed by atoms with Crippen molar-refractivity contribution in [3.8, 4) is 0 Å². The summed E-state index contributed by atoms with van der Waals surface area (Å²) in [6, 6.07) is -0.836. The molecule has 0 aromatic heterocycles. The molecule has 1 amide bonds. The SMILES string of the molecule is CC[C@H](C)[C@H](NC(=O)CC1COCCN1)C(=O)O. The maximum atomic E-state index is 11.8. The number of hydrogen-bond acceptors (Lipinski definition) is 4. The lowest BCUT2D eigenvalue weighted by molar-refractivity contribution is -0.143. The highest BCUT2D eigenvalue weighted by atomic mass is 16.5. The molecule has 6 heteroatoms. The first kappa shape index (κ1) is 14.9. The monoisotopic (exact) mass is 258 g/mol. The average molecular weight is 258 g/mol. The topological polar surface area (TPSA) is 87.7 Å². The number of carbonyl (C=O) groups is 2. The number of carboxylic acids is 1. The van der Waals surface area contributed by atoms with Gasteiger partial charge in [0.2, 0.25) is 5.91 Å². The van der Waals surface area contributed by atoms with E-state index in [0.717, 1.165) is 6.54 Å². The Morgan fingerprint density at radius 3 is 2.78 bits per heavy atom. The number of morpholine rings is 1. The van der Waals surface area contributed by atoms with Gasteiger partial charge in [0.1, 0.15) is 6.04 Å². The summed E-state index contributed by atoms with van der Waals surface area (Å²) in [7, 11) is 0. The van der Waals surface area contributed by atoms with Crippen molar-refractivity contribution in [1.29, 1.82) is 0 Å². The molecule has 104 valence electrons. The second-order valence-electron chi connectivity index (χ2n) is 4.70. The number of amides is 1. The van der Waals surface area contributed by atoms with E-state index in [0.29, 0.717) is 19.6 Å². The highest BCUT2D eigenvalue weighted by Gasteiger charge is 2.26. The minimum absolute atomic E-state index is 0.0230. The second kappa shape index (κ2) is 7.33. The number of carboxylic acid groups (broad SMARTS) is 1. The minimum atomic E-state index is -0.981. The molecule has 1 aliphatic heterocycles. The van der Waals surface area contributed by atoms with E-state index in [4.69, 9.17) is 9.84 Å². The predicted octanol–water partition coefficient (Wildman–Crippen LogP) is -0.0196. The molecule has 6 nitrogen and oxygen atoms in total. The first-order chi connectivity index (χ1) is 8.54. The van der Waals surface area contributed by atoms with Gasteiger partial charge in [0, 0.05) is 19.0 Å². The standard InChI is InChI=1S/C12H22N2O4/c1-3-8(2)11(12(16)17)14-10(15)6-9-7-18-5-4-13-9/h8-9,11,13H,3-7H2,1-2H3,(H,14,15)(H,16,17)/t8-,9?,11-/m0/s1. The third kappa shape index (κ3) is 4.62. The van der Waals surface area contributed by atoms with Gasteiger partial charge in [-0.25, -0.2) is 4.79 Å². The van der Waals surface area contributed by atoms with E-state index in [1.807, 2.05) is 13.8 Å². The van der Waals surface area contributed by atoms with E-state index in [9.17, 15) is 9.59 Å². The van der Waals surface area contributed by atoms with Crippen molar-refractivity contribution in [2.75, 3.05) is 19.8 Å². The van der Waals surface area contributed by atoms with Crippen LogP contribution in [0, 0.1) is 5.92 Å². The number of carbonyl (C=O) groups excluding carboxylic acids is 1. The third-order valence-corrected chi connectivity index (χ3v) is 3.23. The summed E-state index contributed by atoms with van der Waals surface area (Å²) < 4.78 is 5.25. The van der Waals surface area contributed by atoms with Crippen LogP contribution >= 0.6 is 0 Å². The lowest BCUT2D eigenvalue weighted by Gasteiger charge is -2.25. The highest BCUT2D eigenvalue weighted by Crippen LogP contribution is 2.08. The molecule has 18 heavy (non-hydrogen) atoms. The summed E-state index contributed by atoms with van der Waals surface area (Å²) in [6.45, 7) is 5.60. The Morgan fingerprint density at radius 1 is 1.56 bits per heavy atom. The Morgan fingerprint density at radius 2 is 2.28 bits per heavy atom. The summed E-state index contributed by atoms with van der Waals surface area (Å²) in [5, 5.41) is 14.8. The Balaban J connectivity index is 2.42. The van der Waals surface area contributed by atoms with Gasteiger partial charge in [-0.05, 0) is 5.92 Å². The van der Waals surface area contributed by atoms with E-state index >= 15 is 0 Å². The Kier molecular flexibility index (Phi) is 6.07. The van der Waals surface area contributed by atoms with E-state index in [2.05, 4.69) is 10.6 Å². The Hall–Kier alpha value is -1.14. The van der Waals surface area contributed by atoms with Crippen LogP contribution in [0.15, 0.2) is 0 Å². The fourth-order valence-corrected chi connectivity index (χ4v) is 1.89. The van der Waals surface area contributed by atoms with Gasteiger partial charge in [0.25, 0.3) is 0 Å². The van der Waals surface area contributed by atoms with E-state index in [1.165, 1.54) is 0 Å². The van der Waals surface area contributed by atoms with Crippen LogP contribution in [-0.2, 0) is 14.3 Å². The van der Waals surface area contributed by atoms with Crippen LogP contribution in [0.1, 0.15) is 26.7 Å². The molecule has 0 saturated carbocycles. The van der Waals surface area contributed by atoms with Crippen molar-refractivity contribution < 1.29 is 19.4 Å². The first-order valence-electron chi connectivity index (χ1n) is 6.37. The number of hydrogen-bond donors (Lipinski definition) is 3. The van der Waals surface area contributed by atoms with Crippen molar-refractivity contribution in [1.82, 2.24) is 10.6 Å². The van der Waals surface area contributed by atoms with Crippen molar-refractivity contribution in [3.63, 3.8) is 0 Å². The molecule has 1 unspecified atom stereocenters. The number of rotatable bonds is 6. The van der Waals surface area contributed by atoms with Crippen molar-refractivity contribution >= 4 is 11.9 Å². The zero-order chi connectivity index (χ0) is 13.5. The molecule has 0 spiro atoms. The van der Waals surface area contributed by atoms with Crippen LogP contribution in [0.3, 0.4) is 0 Å². The molecule has 0 radical (unpaired) electrons. The Labute approximate surface area is 107 Å². The van der Waals surface area contributed by atoms with E-state index in [1.54, 1.807) is 0 Å². The number of nitrogens with one attached hydrogen (secondary N) is 2. The smallest absolute Gasteiger partial charge is 0.326 e. The van der Waals surface area contributed by atoms with Crippen molar-refractivity contribution in [3.05, 3.63) is 0 Å². The molecular formula is C12H22N2O4. The van der Waals surface area contributed by atoms with E-state index < -0.39 is 12.0 Å². The molecule has 1 rings (SSSR count). The second-order valence-corrected chi connectivity index (χ2v) is 4.70. The molecule has 1 fully saturated rings. The normalized spacial score (nSPS) is 23.1. The quantitative estimate of drug-likeness (QED) is 0.623. The van der Waals surface area contributed by atoms with Gasteiger partial charge in [-0.2, -0.15) is 0 Å². The molecular weight excluding hydrogens is 236 g/mol. The lowest BCUT2D eigenvalue weighted by atomic mass is 9.99. The van der Waals surface area contributed by atoms with Gasteiger partial charge >= 0.3 is 5.97 Å². The predicted molar refractivity (Wildman–Crippen MR) is 66.2 cm³/mol. The van der Waals surface area contributed by atoms with Crippen molar-refractivity contribution in [2.24, 2.45) is 5.92 Å². The number of ether oxygens (including phenoxy) is 1. The average Bonchev–Trinajstić information content (AvgIpc) is 2.36. The van der Waals surface area contributed by atoms with Crippen LogP contribution < -0.4 is 10.6 Å². The fraction of sp³-hybridized carbons (Fsp3) is 0.833. The molecule has 1 heterocycles. The van der Waals surface area contributed by atoms with Gasteiger partial charge in [0.05, 0.1) is 13.2 Å². The maximum Gasteiger partial charge on any atom is 0.326 e. The summed E-state index contributed by atoms with van der Waals surface area (Å²) in [4.78, 5) is 22.8. The third-order valence-electron chi connectivity index (χ3n) is 3.23. The van der Waals surface area contributed by atoms with Crippen LogP contribution in [-0.4, -0.2) is 48.8 Å². The zero-order valence-electron chi connectivity index (χ0n) is 10.9. The summed E-state index contributed by atoms with van der Waals surface area (Å²) in [6.07, 6.45) is 0.961. The zero-order valence-corrected chi connectivity index (χ0v) is 10.9. The van der Waals surface area contributed by atoms with Crippen molar-refractivity contribution in [2.45, 2.75) is 38.8 Å². The highest BCUT2D eigenvalue weighted by molar-refractivity contribution is 5.84. The van der Waals surface area contributed by atoms with Gasteiger partial charge in [-0.1, -0.05) is 20.3 Å². The molecule has 1 saturated heterocycles. The molecule has 3 atom stereocenters. The summed E-state index contributed by atoms with van der Waals surface area (Å²) in [5.74, 6) is -1.31. The van der Waals surface area contributed by atoms with Crippen LogP contribution in [0.2, 0.25) is 0 Å². The fourth-order valence-electron chi connectivity index (χ4n) is 1.89. The summed E-state index contributed by atoms with van der Waals surface area (Å²) in [5.41, 5.74) is 0. The molecule has 0 aromatic rings. The molecule has 1 aliphatic rings. The maximum absolute atomic E-state index is 11.8. The van der Waals surface area contributed by atoms with Crippen LogP contribution in [0.5, 0.6) is 0 Å². The molecule has 0 aromatic carbocycles. The van der Waals surface area contributed by atoms with Gasteiger partial charge in [0.15, 0.2) is 0 Å². The number of aliphatic carboxylic acids is 1. The Bertz CT molecular complexity index is 290. The van der Waals surface area contributed by atoms with Gasteiger partial charge in [-0.3, -0.25) is 4.79 Å². The van der Waals surface area contributed by atoms with Gasteiger partial charge < -0.3 is 20.5 Å². The molecule has 3 N–H and O–H groups in total. The minimum Gasteiger partial charge on any atom is -0.480 e. The molecule has 0 bridgehead atoms. The first-order valence-corrected chi connectivity index (χ1v) is 6.37. The lowest BCUT2D eigenvalue weighted by Crippen LogP contribution is -2.49. The van der Waals surface area contributed by atoms with E-state index in [-0.39, 0.29) is 24.3 Å². The largest absolute Gasteiger partial charge is 0.480 e. The van der Waals surface area contributed by atoms with Crippen LogP contribution in [0.4, 0.5) is 0 Å².